The lowest BCUT2D eigenvalue weighted by Crippen LogP contribution is -2.49. The minimum atomic E-state index is -0.864. The van der Waals surface area contributed by atoms with Crippen LogP contribution in [0.5, 0.6) is 5.75 Å². The molecular weight excluding hydrogens is 573 g/mol. The van der Waals surface area contributed by atoms with E-state index in [1.165, 1.54) is 6.07 Å². The smallest absolute Gasteiger partial charge is 0.308 e. The zero-order chi connectivity index (χ0) is 32.1. The summed E-state index contributed by atoms with van der Waals surface area (Å²) in [6, 6.07) is 10.5. The first-order valence-electron chi connectivity index (χ1n) is 16.9. The number of piperidine rings is 1. The molecule has 3 aliphatic rings. The number of carboxylic acid groups (broad SMARTS) is 1. The highest BCUT2D eigenvalue weighted by molar-refractivity contribution is 5.95. The van der Waals surface area contributed by atoms with Gasteiger partial charge in [-0.15, -0.1) is 0 Å². The van der Waals surface area contributed by atoms with Crippen LogP contribution in [-0.2, 0) is 16.0 Å². The van der Waals surface area contributed by atoms with Gasteiger partial charge in [-0.25, -0.2) is 4.39 Å². The number of halogens is 1. The average Bonchev–Trinajstić information content (AvgIpc) is 3.63. The summed E-state index contributed by atoms with van der Waals surface area (Å²) in [6.45, 7) is 8.42. The molecule has 0 spiro atoms. The van der Waals surface area contributed by atoms with Crippen LogP contribution in [0.2, 0.25) is 0 Å². The quantitative estimate of drug-likeness (QED) is 0.294. The maximum absolute atomic E-state index is 14.4. The molecule has 0 bridgehead atoms. The van der Waals surface area contributed by atoms with Gasteiger partial charge in [-0.05, 0) is 86.4 Å². The molecular formula is C36H50FN3O5. The van der Waals surface area contributed by atoms with Crippen LogP contribution >= 0.6 is 0 Å². The summed E-state index contributed by atoms with van der Waals surface area (Å²) in [7, 11) is 0. The second-order valence-corrected chi connectivity index (χ2v) is 13.2. The van der Waals surface area contributed by atoms with Gasteiger partial charge in [0.05, 0.1) is 19.1 Å². The van der Waals surface area contributed by atoms with E-state index < -0.39 is 18.1 Å². The number of ether oxygens (including phenoxy) is 1. The molecule has 0 aromatic heterocycles. The van der Waals surface area contributed by atoms with Crippen molar-refractivity contribution in [2.24, 2.45) is 5.92 Å². The first-order valence-corrected chi connectivity index (χ1v) is 16.9. The number of fused-ring (bicyclic) bond motifs is 1. The zero-order valence-electron chi connectivity index (χ0n) is 27.1. The fourth-order valence-corrected chi connectivity index (χ4v) is 7.82. The monoisotopic (exact) mass is 623 g/mol. The van der Waals surface area contributed by atoms with Crippen LogP contribution in [0.25, 0.3) is 0 Å². The number of amides is 1. The van der Waals surface area contributed by atoms with Crippen LogP contribution in [0.4, 0.5) is 10.1 Å². The molecule has 4 atom stereocenters. The fraction of sp³-hybridized carbons (Fsp3) is 0.611. The van der Waals surface area contributed by atoms with E-state index in [1.807, 2.05) is 17.0 Å². The van der Waals surface area contributed by atoms with E-state index >= 15 is 0 Å². The number of carbonyl (C=O) groups is 2. The maximum Gasteiger partial charge on any atom is 0.308 e. The summed E-state index contributed by atoms with van der Waals surface area (Å²) >= 11 is 0. The molecule has 2 fully saturated rings. The Kier molecular flexibility index (Phi) is 11.2. The van der Waals surface area contributed by atoms with E-state index in [1.54, 1.807) is 19.1 Å². The number of carboxylic acids is 1. The van der Waals surface area contributed by atoms with Gasteiger partial charge in [0, 0.05) is 49.7 Å². The number of carbonyl (C=O) groups excluding carboxylic acids is 1. The number of hydrogen-bond acceptors (Lipinski definition) is 6. The Morgan fingerprint density at radius 3 is 2.56 bits per heavy atom. The molecule has 8 nitrogen and oxygen atoms in total. The van der Waals surface area contributed by atoms with Crippen molar-refractivity contribution in [2.75, 3.05) is 37.7 Å². The van der Waals surface area contributed by atoms with Gasteiger partial charge in [0.1, 0.15) is 17.8 Å². The van der Waals surface area contributed by atoms with E-state index in [9.17, 15) is 24.2 Å². The molecule has 2 aromatic carbocycles. The largest absolute Gasteiger partial charge is 0.493 e. The van der Waals surface area contributed by atoms with Crippen molar-refractivity contribution in [1.29, 1.82) is 0 Å². The summed E-state index contributed by atoms with van der Waals surface area (Å²) in [6.07, 6.45) is 6.99. The summed E-state index contributed by atoms with van der Waals surface area (Å²) in [5.41, 5.74) is 3.23. The number of aliphatic carboxylic acids is 1. The third-order valence-corrected chi connectivity index (χ3v) is 10.1. The minimum absolute atomic E-state index is 0.0373. The Labute approximate surface area is 267 Å². The number of likely N-dealkylation sites (tertiary alicyclic amines) is 2. The lowest BCUT2D eigenvalue weighted by atomic mass is 9.83. The lowest BCUT2D eigenvalue weighted by Gasteiger charge is -2.36. The molecule has 5 rings (SSSR count). The Balaban J connectivity index is 1.47. The number of anilines is 1. The van der Waals surface area contributed by atoms with Crippen LogP contribution in [0.3, 0.4) is 0 Å². The van der Waals surface area contributed by atoms with Gasteiger partial charge in [0.15, 0.2) is 0 Å². The summed E-state index contributed by atoms with van der Waals surface area (Å²) < 4.78 is 20.0. The van der Waals surface area contributed by atoms with Gasteiger partial charge in [-0.3, -0.25) is 19.4 Å². The molecule has 3 aliphatic heterocycles. The van der Waals surface area contributed by atoms with E-state index in [-0.39, 0.29) is 36.3 Å². The number of aliphatic hydroxyl groups excluding tert-OH is 1. The average molecular weight is 624 g/mol. The number of hydrogen-bond donors (Lipinski definition) is 2. The zero-order valence-corrected chi connectivity index (χ0v) is 27.1. The molecule has 45 heavy (non-hydrogen) atoms. The topological polar surface area (TPSA) is 93.5 Å². The van der Waals surface area contributed by atoms with Gasteiger partial charge in [-0.2, -0.15) is 0 Å². The molecule has 3 heterocycles. The van der Waals surface area contributed by atoms with Gasteiger partial charge in [0.2, 0.25) is 5.91 Å². The number of aliphatic hydroxyl groups is 1. The first-order chi connectivity index (χ1) is 21.7. The highest BCUT2D eigenvalue weighted by Crippen LogP contribution is 2.41. The molecule has 2 aromatic rings. The van der Waals surface area contributed by atoms with E-state index in [0.717, 1.165) is 74.8 Å². The molecule has 9 heteroatoms. The van der Waals surface area contributed by atoms with Crippen molar-refractivity contribution in [3.8, 4) is 5.75 Å². The van der Waals surface area contributed by atoms with Crippen molar-refractivity contribution >= 4 is 17.6 Å². The molecule has 1 unspecified atom stereocenters. The minimum Gasteiger partial charge on any atom is -0.493 e. The molecule has 2 saturated heterocycles. The lowest BCUT2D eigenvalue weighted by molar-refractivity contribution is -0.143. The van der Waals surface area contributed by atoms with Gasteiger partial charge in [-0.1, -0.05) is 38.8 Å². The predicted octanol–water partition coefficient (Wildman–Crippen LogP) is 5.73. The van der Waals surface area contributed by atoms with Gasteiger partial charge >= 0.3 is 5.97 Å². The SMILES string of the molecule is CCCC(CCC)N(C(=O)CN1C[C@H](c2ccc3c(c2)CCO3)[C@@H](C(=O)O)[C@@H]1CCN1CCCCC1O)c1ccc(F)c(C)c1. The Hall–Kier alpha value is -3.01. The number of aryl methyl sites for hydroxylation is 1. The van der Waals surface area contributed by atoms with Crippen molar-refractivity contribution in [1.82, 2.24) is 9.80 Å². The Morgan fingerprint density at radius 1 is 1.09 bits per heavy atom. The molecule has 0 aliphatic carbocycles. The van der Waals surface area contributed by atoms with Gasteiger partial charge in [0.25, 0.3) is 0 Å². The molecule has 0 radical (unpaired) electrons. The van der Waals surface area contributed by atoms with Crippen molar-refractivity contribution in [3.05, 3.63) is 58.9 Å². The summed E-state index contributed by atoms with van der Waals surface area (Å²) in [4.78, 5) is 33.4. The molecule has 1 amide bonds. The third-order valence-electron chi connectivity index (χ3n) is 10.1. The molecule has 246 valence electrons. The number of rotatable bonds is 13. The van der Waals surface area contributed by atoms with Crippen molar-refractivity contribution in [2.45, 2.75) is 103 Å². The van der Waals surface area contributed by atoms with E-state index in [2.05, 4.69) is 29.7 Å². The molecule has 2 N–H and O–H groups in total. The van der Waals surface area contributed by atoms with Crippen LogP contribution in [-0.4, -0.2) is 83.0 Å². The second kappa shape index (κ2) is 15.1. The number of nitrogens with zero attached hydrogens (tertiary/aromatic N) is 3. The van der Waals surface area contributed by atoms with Crippen LogP contribution in [0.15, 0.2) is 36.4 Å². The summed E-state index contributed by atoms with van der Waals surface area (Å²) in [5.74, 6) is -1.40. The highest BCUT2D eigenvalue weighted by atomic mass is 19.1. The van der Waals surface area contributed by atoms with Crippen molar-refractivity contribution < 1.29 is 28.9 Å². The van der Waals surface area contributed by atoms with Gasteiger partial charge < -0.3 is 19.8 Å². The highest BCUT2D eigenvalue weighted by Gasteiger charge is 2.47. The van der Waals surface area contributed by atoms with Crippen LogP contribution < -0.4 is 9.64 Å². The Morgan fingerprint density at radius 2 is 1.87 bits per heavy atom. The third kappa shape index (κ3) is 7.53. The normalized spacial score (nSPS) is 23.7. The van der Waals surface area contributed by atoms with E-state index in [4.69, 9.17) is 4.74 Å². The Bertz CT molecular complexity index is 1330. The standard InChI is InChI=1S/C36H50FN3O5/c1-4-8-27(9-5-2)40(28-12-13-30(37)24(3)20-28)34(42)23-39-22-29(25-11-14-32-26(21-25)16-19-45-32)35(36(43)44)31(39)15-18-38-17-7-6-10-33(38)41/h11-14,20-21,27,29,31,33,35,41H,4-10,15-19,22-23H2,1-3H3,(H,43,44)/t29-,31+,33?,35-/m1/s1. The second-order valence-electron chi connectivity index (χ2n) is 13.2. The summed E-state index contributed by atoms with van der Waals surface area (Å²) in [5, 5.41) is 21.3. The first kappa shape index (κ1) is 33.4. The molecule has 0 saturated carbocycles. The van der Waals surface area contributed by atoms with Crippen molar-refractivity contribution in [3.63, 3.8) is 0 Å². The maximum atomic E-state index is 14.4. The fourth-order valence-electron chi connectivity index (χ4n) is 7.82. The van der Waals surface area contributed by atoms with Crippen LogP contribution in [0.1, 0.15) is 87.8 Å². The number of benzene rings is 2. The van der Waals surface area contributed by atoms with E-state index in [0.29, 0.717) is 37.4 Å². The predicted molar refractivity (Wildman–Crippen MR) is 173 cm³/mol. The van der Waals surface area contributed by atoms with Crippen LogP contribution in [0, 0.1) is 18.7 Å².